The van der Waals surface area contributed by atoms with E-state index in [-0.39, 0.29) is 23.9 Å². The fraction of sp³-hybridized carbons (Fsp3) is 0.636. The Morgan fingerprint density at radius 3 is 2.70 bits per heavy atom. The second kappa shape index (κ2) is 7.53. The van der Waals surface area contributed by atoms with Crippen molar-refractivity contribution in [2.45, 2.75) is 63.9 Å². The Labute approximate surface area is 161 Å². The number of piperidine rings is 1. The van der Waals surface area contributed by atoms with Gasteiger partial charge in [-0.05, 0) is 56.6 Å². The number of benzene rings is 1. The molecule has 5 heteroatoms. The zero-order chi connectivity index (χ0) is 18.9. The maximum Gasteiger partial charge on any atom is 0.260 e. The molecule has 4 rings (SSSR count). The van der Waals surface area contributed by atoms with E-state index in [1.54, 1.807) is 18.2 Å². The van der Waals surface area contributed by atoms with Crippen molar-refractivity contribution >= 4 is 11.7 Å². The lowest BCUT2D eigenvalue weighted by atomic mass is 9.78. The van der Waals surface area contributed by atoms with Gasteiger partial charge in [0.15, 0.2) is 12.4 Å². The summed E-state index contributed by atoms with van der Waals surface area (Å²) in [6.07, 6.45) is 7.91. The lowest BCUT2D eigenvalue weighted by molar-refractivity contribution is -0.134. The topological polar surface area (TPSA) is 55.8 Å². The summed E-state index contributed by atoms with van der Waals surface area (Å²) in [5.74, 6) is 2.08. The van der Waals surface area contributed by atoms with Crippen LogP contribution in [-0.2, 0) is 4.79 Å². The highest BCUT2D eigenvalue weighted by molar-refractivity contribution is 6.00. The van der Waals surface area contributed by atoms with Crippen molar-refractivity contribution in [1.29, 1.82) is 0 Å². The molecule has 2 fully saturated rings. The van der Waals surface area contributed by atoms with E-state index in [2.05, 4.69) is 6.92 Å². The van der Waals surface area contributed by atoms with Crippen molar-refractivity contribution in [1.82, 2.24) is 4.90 Å². The molecule has 0 radical (unpaired) electrons. The molecule has 1 saturated heterocycles. The molecule has 1 saturated carbocycles. The van der Waals surface area contributed by atoms with Crippen LogP contribution in [0.4, 0.5) is 0 Å². The SMILES string of the molecule is CC1CCN(C(=O)COc2ccc3c(c2)OC2(CCCCC2)CC3=O)CC1. The first-order valence-electron chi connectivity index (χ1n) is 10.3. The molecule has 146 valence electrons. The number of carbonyl (C=O) groups excluding carboxylic acids is 2. The van der Waals surface area contributed by atoms with Crippen molar-refractivity contribution in [2.75, 3.05) is 19.7 Å². The van der Waals surface area contributed by atoms with Gasteiger partial charge in [0, 0.05) is 19.2 Å². The molecule has 27 heavy (non-hydrogen) atoms. The number of hydrogen-bond acceptors (Lipinski definition) is 4. The molecule has 2 aliphatic heterocycles. The van der Waals surface area contributed by atoms with Gasteiger partial charge in [-0.1, -0.05) is 13.3 Å². The van der Waals surface area contributed by atoms with E-state index < -0.39 is 0 Å². The fourth-order valence-electron chi connectivity index (χ4n) is 4.53. The van der Waals surface area contributed by atoms with E-state index in [0.717, 1.165) is 51.6 Å². The van der Waals surface area contributed by atoms with Gasteiger partial charge in [-0.3, -0.25) is 9.59 Å². The molecule has 2 heterocycles. The number of carbonyl (C=O) groups is 2. The summed E-state index contributed by atoms with van der Waals surface area (Å²) in [7, 11) is 0. The lowest BCUT2D eigenvalue weighted by Crippen LogP contribution is -2.43. The molecule has 0 unspecified atom stereocenters. The molecule has 0 atom stereocenters. The molecule has 5 nitrogen and oxygen atoms in total. The van der Waals surface area contributed by atoms with Crippen molar-refractivity contribution < 1.29 is 19.1 Å². The van der Waals surface area contributed by atoms with Crippen LogP contribution in [0, 0.1) is 5.92 Å². The molecule has 1 aromatic carbocycles. The average molecular weight is 371 g/mol. The first-order valence-corrected chi connectivity index (χ1v) is 10.3. The van der Waals surface area contributed by atoms with E-state index >= 15 is 0 Å². The Kier molecular flexibility index (Phi) is 5.11. The van der Waals surface area contributed by atoms with Crippen LogP contribution in [0.2, 0.25) is 0 Å². The number of nitrogens with zero attached hydrogens (tertiary/aromatic N) is 1. The predicted molar refractivity (Wildman–Crippen MR) is 102 cm³/mol. The van der Waals surface area contributed by atoms with E-state index in [0.29, 0.717) is 29.4 Å². The minimum Gasteiger partial charge on any atom is -0.486 e. The molecule has 0 N–H and O–H groups in total. The van der Waals surface area contributed by atoms with E-state index in [4.69, 9.17) is 9.47 Å². The van der Waals surface area contributed by atoms with Gasteiger partial charge in [0.1, 0.15) is 17.1 Å². The Balaban J connectivity index is 1.41. The van der Waals surface area contributed by atoms with Gasteiger partial charge in [-0.25, -0.2) is 0 Å². The first kappa shape index (κ1) is 18.3. The van der Waals surface area contributed by atoms with Crippen molar-refractivity contribution in [3.63, 3.8) is 0 Å². The molecular weight excluding hydrogens is 342 g/mol. The second-order valence-electron chi connectivity index (χ2n) is 8.46. The summed E-state index contributed by atoms with van der Waals surface area (Å²) in [5, 5.41) is 0. The lowest BCUT2D eigenvalue weighted by Gasteiger charge is -2.40. The number of fused-ring (bicyclic) bond motifs is 1. The normalized spacial score (nSPS) is 22.3. The molecular formula is C22H29NO4. The summed E-state index contributed by atoms with van der Waals surface area (Å²) in [5.41, 5.74) is 0.302. The van der Waals surface area contributed by atoms with Gasteiger partial charge in [-0.15, -0.1) is 0 Å². The summed E-state index contributed by atoms with van der Waals surface area (Å²) in [6, 6.07) is 5.33. The third-order valence-electron chi connectivity index (χ3n) is 6.33. The minimum atomic E-state index is -0.332. The second-order valence-corrected chi connectivity index (χ2v) is 8.46. The maximum atomic E-state index is 12.6. The molecule has 1 aliphatic carbocycles. The smallest absolute Gasteiger partial charge is 0.260 e. The molecule has 1 aromatic rings. The van der Waals surface area contributed by atoms with Crippen LogP contribution >= 0.6 is 0 Å². The Hall–Kier alpha value is -2.04. The monoisotopic (exact) mass is 371 g/mol. The number of rotatable bonds is 3. The van der Waals surface area contributed by atoms with Gasteiger partial charge in [-0.2, -0.15) is 0 Å². The van der Waals surface area contributed by atoms with Crippen molar-refractivity contribution in [3.05, 3.63) is 23.8 Å². The number of ketones is 1. The van der Waals surface area contributed by atoms with Crippen LogP contribution in [0.5, 0.6) is 11.5 Å². The van der Waals surface area contributed by atoms with Crippen LogP contribution < -0.4 is 9.47 Å². The number of hydrogen-bond donors (Lipinski definition) is 0. The van der Waals surface area contributed by atoms with Crippen LogP contribution in [0.15, 0.2) is 18.2 Å². The van der Waals surface area contributed by atoms with Gasteiger partial charge in [0.25, 0.3) is 5.91 Å². The molecule has 1 amide bonds. The highest BCUT2D eigenvalue weighted by Gasteiger charge is 2.41. The summed E-state index contributed by atoms with van der Waals surface area (Å²) in [6.45, 7) is 3.89. The van der Waals surface area contributed by atoms with E-state index in [9.17, 15) is 9.59 Å². The number of likely N-dealkylation sites (tertiary alicyclic amines) is 1. The molecule has 0 aromatic heterocycles. The van der Waals surface area contributed by atoms with Crippen molar-refractivity contribution in [3.8, 4) is 11.5 Å². The maximum absolute atomic E-state index is 12.6. The van der Waals surface area contributed by atoms with Crippen LogP contribution in [0.1, 0.15) is 68.6 Å². The van der Waals surface area contributed by atoms with Crippen LogP contribution in [0.3, 0.4) is 0 Å². The van der Waals surface area contributed by atoms with Gasteiger partial charge >= 0.3 is 0 Å². The highest BCUT2D eigenvalue weighted by atomic mass is 16.5. The average Bonchev–Trinajstić information content (AvgIpc) is 2.67. The molecule has 1 spiro atoms. The van der Waals surface area contributed by atoms with Crippen LogP contribution in [0.25, 0.3) is 0 Å². The fourth-order valence-corrected chi connectivity index (χ4v) is 4.53. The number of amides is 1. The van der Waals surface area contributed by atoms with E-state index in [1.807, 2.05) is 4.90 Å². The van der Waals surface area contributed by atoms with Crippen molar-refractivity contribution in [2.24, 2.45) is 5.92 Å². The van der Waals surface area contributed by atoms with Gasteiger partial charge in [0.05, 0.1) is 12.0 Å². The van der Waals surface area contributed by atoms with Gasteiger partial charge in [0.2, 0.25) is 0 Å². The van der Waals surface area contributed by atoms with Gasteiger partial charge < -0.3 is 14.4 Å². The van der Waals surface area contributed by atoms with Crippen LogP contribution in [-0.4, -0.2) is 41.9 Å². The number of ether oxygens (including phenoxy) is 2. The zero-order valence-corrected chi connectivity index (χ0v) is 16.2. The summed E-state index contributed by atoms with van der Waals surface area (Å²) in [4.78, 5) is 26.8. The Morgan fingerprint density at radius 1 is 1.22 bits per heavy atom. The first-order chi connectivity index (χ1) is 13.0. The quantitative estimate of drug-likeness (QED) is 0.806. The van der Waals surface area contributed by atoms with E-state index in [1.165, 1.54) is 6.42 Å². The Morgan fingerprint density at radius 2 is 1.96 bits per heavy atom. The predicted octanol–water partition coefficient (Wildman–Crippen LogP) is 3.99. The largest absolute Gasteiger partial charge is 0.486 e. The number of Topliss-reactive ketones (excluding diaryl/α,β-unsaturated/α-hetero) is 1. The summed E-state index contributed by atoms with van der Waals surface area (Å²) < 4.78 is 12.1. The molecule has 3 aliphatic rings. The standard InChI is InChI=1S/C22H29NO4/c1-16-7-11-23(12-8-16)21(25)15-26-17-5-6-18-19(24)14-22(27-20(18)13-17)9-3-2-4-10-22/h5-6,13,16H,2-4,7-12,14-15H2,1H3. The zero-order valence-electron chi connectivity index (χ0n) is 16.2. The summed E-state index contributed by atoms with van der Waals surface area (Å²) >= 11 is 0. The minimum absolute atomic E-state index is 0.0281. The molecule has 0 bridgehead atoms. The highest BCUT2D eigenvalue weighted by Crippen LogP contribution is 2.42. The Bertz CT molecular complexity index is 715. The third kappa shape index (κ3) is 3.97. The third-order valence-corrected chi connectivity index (χ3v) is 6.33.